The number of carbonyl (C=O) groups excluding carboxylic acids is 1. The maximum Gasteiger partial charge on any atom is 0.331 e. The summed E-state index contributed by atoms with van der Waals surface area (Å²) in [5.74, 6) is -0.314. The first-order valence-electron chi connectivity index (χ1n) is 8.48. The van der Waals surface area contributed by atoms with E-state index in [0.717, 1.165) is 29.5 Å². The summed E-state index contributed by atoms with van der Waals surface area (Å²) in [7, 11) is 0. The summed E-state index contributed by atoms with van der Waals surface area (Å²) < 4.78 is 2.42. The minimum atomic E-state index is -0.478. The van der Waals surface area contributed by atoms with Crippen molar-refractivity contribution in [2.75, 3.05) is 13.1 Å². The van der Waals surface area contributed by atoms with E-state index < -0.39 is 11.2 Å². The van der Waals surface area contributed by atoms with Crippen LogP contribution in [0.1, 0.15) is 18.4 Å². The highest BCUT2D eigenvalue weighted by Crippen LogP contribution is 2.01. The van der Waals surface area contributed by atoms with Crippen LogP contribution in [0.25, 0.3) is 0 Å². The first-order valence-corrected chi connectivity index (χ1v) is 8.48. The number of amides is 1. The van der Waals surface area contributed by atoms with Crippen LogP contribution >= 0.6 is 0 Å². The lowest BCUT2D eigenvalue weighted by molar-refractivity contribution is -0.122. The molecule has 0 aliphatic carbocycles. The van der Waals surface area contributed by atoms with Gasteiger partial charge >= 0.3 is 5.69 Å². The number of hydrogen-bond acceptors (Lipinski definition) is 4. The van der Waals surface area contributed by atoms with Gasteiger partial charge < -0.3 is 10.6 Å². The third-order valence-electron chi connectivity index (χ3n) is 4.30. The second-order valence-corrected chi connectivity index (χ2v) is 6.25. The highest BCUT2D eigenvalue weighted by molar-refractivity contribution is 5.76. The van der Waals surface area contributed by atoms with E-state index in [1.807, 2.05) is 30.3 Å². The van der Waals surface area contributed by atoms with Crippen molar-refractivity contribution in [3.8, 4) is 0 Å². The van der Waals surface area contributed by atoms with Gasteiger partial charge in [0.15, 0.2) is 0 Å². The molecule has 7 nitrogen and oxygen atoms in total. The normalized spacial score (nSPS) is 17.2. The fourth-order valence-corrected chi connectivity index (χ4v) is 2.99. The SMILES string of the molecule is O=C(Cn1c(=O)ccn(Cc2ccccc2)c1=O)N[C@H]1CCCNC1. The lowest BCUT2D eigenvalue weighted by atomic mass is 10.1. The zero-order valence-corrected chi connectivity index (χ0v) is 14.0. The number of piperidine rings is 1. The van der Waals surface area contributed by atoms with E-state index in [2.05, 4.69) is 10.6 Å². The van der Waals surface area contributed by atoms with Crippen molar-refractivity contribution in [2.45, 2.75) is 32.0 Å². The van der Waals surface area contributed by atoms with Gasteiger partial charge in [-0.15, -0.1) is 0 Å². The molecule has 0 bridgehead atoms. The molecule has 0 spiro atoms. The summed E-state index contributed by atoms with van der Waals surface area (Å²) in [6.45, 7) is 1.76. The summed E-state index contributed by atoms with van der Waals surface area (Å²) in [6, 6.07) is 10.9. The van der Waals surface area contributed by atoms with Crippen LogP contribution in [-0.2, 0) is 17.9 Å². The number of nitrogens with one attached hydrogen (secondary N) is 2. The Hall–Kier alpha value is -2.67. The van der Waals surface area contributed by atoms with Crippen molar-refractivity contribution < 1.29 is 4.79 Å². The fraction of sp³-hybridized carbons (Fsp3) is 0.389. The molecule has 1 aromatic heterocycles. The molecule has 1 aliphatic rings. The van der Waals surface area contributed by atoms with Gasteiger partial charge in [0.2, 0.25) is 5.91 Å². The van der Waals surface area contributed by atoms with E-state index in [0.29, 0.717) is 13.1 Å². The predicted molar refractivity (Wildman–Crippen MR) is 94.5 cm³/mol. The van der Waals surface area contributed by atoms with Crippen LogP contribution in [-0.4, -0.2) is 34.2 Å². The number of benzene rings is 1. The Labute approximate surface area is 145 Å². The fourth-order valence-electron chi connectivity index (χ4n) is 2.99. The third-order valence-corrected chi connectivity index (χ3v) is 4.30. The van der Waals surface area contributed by atoms with E-state index in [4.69, 9.17) is 0 Å². The van der Waals surface area contributed by atoms with Gasteiger partial charge in [-0.1, -0.05) is 30.3 Å². The summed E-state index contributed by atoms with van der Waals surface area (Å²) in [6.07, 6.45) is 3.37. The number of carbonyl (C=O) groups is 1. The molecule has 0 saturated carbocycles. The lowest BCUT2D eigenvalue weighted by Crippen LogP contribution is -2.49. The van der Waals surface area contributed by atoms with Gasteiger partial charge in [-0.05, 0) is 24.9 Å². The molecule has 1 saturated heterocycles. The van der Waals surface area contributed by atoms with Crippen molar-refractivity contribution in [1.29, 1.82) is 0 Å². The van der Waals surface area contributed by atoms with Crippen molar-refractivity contribution >= 4 is 5.91 Å². The van der Waals surface area contributed by atoms with Crippen LogP contribution in [0.15, 0.2) is 52.2 Å². The average molecular weight is 342 g/mol. The number of rotatable bonds is 5. The summed E-state index contributed by atoms with van der Waals surface area (Å²) in [4.78, 5) is 36.8. The molecule has 2 N–H and O–H groups in total. The predicted octanol–water partition coefficient (Wildman–Crippen LogP) is -0.0735. The summed E-state index contributed by atoms with van der Waals surface area (Å²) >= 11 is 0. The molecule has 0 unspecified atom stereocenters. The van der Waals surface area contributed by atoms with Gasteiger partial charge in [0, 0.05) is 24.8 Å². The number of aromatic nitrogens is 2. The Morgan fingerprint density at radius 3 is 2.72 bits per heavy atom. The Kier molecular flexibility index (Phi) is 5.45. The molecule has 25 heavy (non-hydrogen) atoms. The van der Waals surface area contributed by atoms with Crippen LogP contribution in [0.4, 0.5) is 0 Å². The first kappa shape index (κ1) is 17.2. The van der Waals surface area contributed by atoms with Crippen LogP contribution in [0.5, 0.6) is 0 Å². The molecule has 0 radical (unpaired) electrons. The first-order chi connectivity index (χ1) is 12.1. The van der Waals surface area contributed by atoms with E-state index in [1.165, 1.54) is 16.8 Å². The van der Waals surface area contributed by atoms with Gasteiger partial charge in [-0.2, -0.15) is 0 Å². The topological polar surface area (TPSA) is 85.1 Å². The quantitative estimate of drug-likeness (QED) is 0.796. The lowest BCUT2D eigenvalue weighted by Gasteiger charge is -2.23. The molecule has 1 aliphatic heterocycles. The number of hydrogen-bond donors (Lipinski definition) is 2. The van der Waals surface area contributed by atoms with Crippen molar-refractivity contribution in [1.82, 2.24) is 19.8 Å². The molecule has 1 fully saturated rings. The molecule has 2 heterocycles. The van der Waals surface area contributed by atoms with Crippen molar-refractivity contribution in [3.05, 3.63) is 69.0 Å². The summed E-state index contributed by atoms with van der Waals surface area (Å²) in [5, 5.41) is 6.10. The molecular formula is C18H22N4O3. The molecule has 2 aromatic rings. The highest BCUT2D eigenvalue weighted by atomic mass is 16.2. The Bertz CT molecular complexity index is 835. The Morgan fingerprint density at radius 1 is 1.20 bits per heavy atom. The molecule has 1 aromatic carbocycles. The van der Waals surface area contributed by atoms with Crippen LogP contribution in [0, 0.1) is 0 Å². The monoisotopic (exact) mass is 342 g/mol. The maximum atomic E-state index is 12.6. The van der Waals surface area contributed by atoms with E-state index in [9.17, 15) is 14.4 Å². The van der Waals surface area contributed by atoms with Crippen molar-refractivity contribution in [2.24, 2.45) is 0 Å². The molecule has 3 rings (SSSR count). The van der Waals surface area contributed by atoms with E-state index in [-0.39, 0.29) is 18.5 Å². The second-order valence-electron chi connectivity index (χ2n) is 6.25. The highest BCUT2D eigenvalue weighted by Gasteiger charge is 2.17. The van der Waals surface area contributed by atoms with Gasteiger partial charge in [-0.25, -0.2) is 4.79 Å². The Balaban J connectivity index is 1.74. The zero-order chi connectivity index (χ0) is 17.6. The largest absolute Gasteiger partial charge is 0.351 e. The van der Waals surface area contributed by atoms with Crippen LogP contribution < -0.4 is 21.9 Å². The third kappa shape index (κ3) is 4.45. The van der Waals surface area contributed by atoms with Gasteiger partial charge in [-0.3, -0.25) is 18.7 Å². The second kappa shape index (κ2) is 7.94. The summed E-state index contributed by atoms with van der Waals surface area (Å²) in [5.41, 5.74) is 0.00651. The van der Waals surface area contributed by atoms with E-state index in [1.54, 1.807) is 0 Å². The van der Waals surface area contributed by atoms with Crippen LogP contribution in [0.2, 0.25) is 0 Å². The Morgan fingerprint density at radius 2 is 2.00 bits per heavy atom. The molecule has 1 atom stereocenters. The number of nitrogens with zero attached hydrogens (tertiary/aromatic N) is 2. The van der Waals surface area contributed by atoms with Crippen molar-refractivity contribution in [3.63, 3.8) is 0 Å². The standard InChI is InChI=1S/C18H22N4O3/c23-16(20-15-7-4-9-19-11-15)13-22-17(24)8-10-21(18(22)25)12-14-5-2-1-3-6-14/h1-3,5-6,8,10,15,19H,4,7,9,11-13H2,(H,20,23)/t15-/m0/s1. The van der Waals surface area contributed by atoms with Gasteiger partial charge in [0.25, 0.3) is 5.56 Å². The molecule has 1 amide bonds. The average Bonchev–Trinajstić information content (AvgIpc) is 2.63. The van der Waals surface area contributed by atoms with Gasteiger partial charge in [0.1, 0.15) is 6.54 Å². The molecular weight excluding hydrogens is 320 g/mol. The van der Waals surface area contributed by atoms with E-state index >= 15 is 0 Å². The zero-order valence-electron chi connectivity index (χ0n) is 14.0. The minimum absolute atomic E-state index is 0.0483. The minimum Gasteiger partial charge on any atom is -0.351 e. The molecule has 132 valence electrons. The smallest absolute Gasteiger partial charge is 0.331 e. The van der Waals surface area contributed by atoms with Gasteiger partial charge in [0.05, 0.1) is 6.54 Å². The van der Waals surface area contributed by atoms with Crippen LogP contribution in [0.3, 0.4) is 0 Å². The molecule has 7 heteroatoms. The maximum absolute atomic E-state index is 12.6.